The summed E-state index contributed by atoms with van der Waals surface area (Å²) in [5, 5.41) is 1.32. The highest BCUT2D eigenvalue weighted by molar-refractivity contribution is 7.97. The second kappa shape index (κ2) is 7.07. The predicted molar refractivity (Wildman–Crippen MR) is 101 cm³/mol. The van der Waals surface area contributed by atoms with E-state index in [0.29, 0.717) is 20.4 Å². The van der Waals surface area contributed by atoms with E-state index in [1.54, 1.807) is 0 Å². The van der Waals surface area contributed by atoms with Crippen LogP contribution in [0, 0.1) is 5.41 Å². The molecule has 7 heteroatoms. The van der Waals surface area contributed by atoms with Crippen LogP contribution in [0.1, 0.15) is 46.5 Å². The number of halogens is 5. The largest absolute Gasteiger partial charge is 0.254 e. The van der Waals surface area contributed by atoms with Crippen molar-refractivity contribution in [2.75, 3.05) is 0 Å². The average Bonchev–Trinajstić information content (AvgIpc) is 2.47. The predicted octanol–water partition coefficient (Wildman–Crippen LogP) is 7.91. The second-order valence-corrected chi connectivity index (χ2v) is 9.53. The molecule has 0 saturated heterocycles. The van der Waals surface area contributed by atoms with Gasteiger partial charge in [0.15, 0.2) is 0 Å². The molecule has 0 aliphatic heterocycles. The number of rotatable bonds is 3. The van der Waals surface area contributed by atoms with Crippen molar-refractivity contribution in [1.29, 1.82) is 0 Å². The fraction of sp³-hybridized carbons (Fsp3) is 0.600. The minimum absolute atomic E-state index is 0.0332. The van der Waals surface area contributed by atoms with Gasteiger partial charge in [-0.15, -0.1) is 0 Å². The van der Waals surface area contributed by atoms with Crippen molar-refractivity contribution in [3.63, 3.8) is 0 Å². The van der Waals surface area contributed by atoms with Crippen LogP contribution in [-0.2, 0) is 0 Å². The Hall–Kier alpha value is 0.980. The van der Waals surface area contributed by atoms with Crippen molar-refractivity contribution in [1.82, 2.24) is 4.72 Å². The molecule has 0 bridgehead atoms. The Morgan fingerprint density at radius 2 is 1.14 bits per heavy atom. The normalized spacial score (nSPS) is 20.2. The molecular formula is C15H18Cl5NS. The molecule has 0 radical (unpaired) electrons. The first-order valence-corrected chi connectivity index (χ1v) is 9.72. The summed E-state index contributed by atoms with van der Waals surface area (Å²) in [6, 6.07) is 0. The third-order valence-corrected chi connectivity index (χ3v) is 7.98. The molecule has 1 nitrogen and oxygen atoms in total. The first-order valence-electron chi connectivity index (χ1n) is 7.02. The van der Waals surface area contributed by atoms with Gasteiger partial charge in [0, 0.05) is 5.54 Å². The first kappa shape index (κ1) is 19.3. The molecule has 0 amide bonds. The molecule has 1 aromatic rings. The van der Waals surface area contributed by atoms with Crippen LogP contribution in [0.5, 0.6) is 0 Å². The maximum atomic E-state index is 6.26. The van der Waals surface area contributed by atoms with Gasteiger partial charge in [0.05, 0.1) is 30.0 Å². The molecule has 1 aliphatic rings. The van der Waals surface area contributed by atoms with Gasteiger partial charge in [-0.2, -0.15) is 0 Å². The van der Waals surface area contributed by atoms with Crippen LogP contribution < -0.4 is 4.72 Å². The molecular weight excluding hydrogens is 404 g/mol. The van der Waals surface area contributed by atoms with E-state index >= 15 is 0 Å². The summed E-state index contributed by atoms with van der Waals surface area (Å²) in [6.07, 6.45) is 4.55. The first-order chi connectivity index (χ1) is 10.1. The van der Waals surface area contributed by atoms with Crippen molar-refractivity contribution >= 4 is 70.0 Å². The Kier molecular flexibility index (Phi) is 6.21. The van der Waals surface area contributed by atoms with Crippen molar-refractivity contribution < 1.29 is 0 Å². The van der Waals surface area contributed by atoms with Crippen LogP contribution in [-0.4, -0.2) is 5.54 Å². The molecule has 0 atom stereocenters. The fourth-order valence-electron chi connectivity index (χ4n) is 2.43. The van der Waals surface area contributed by atoms with Crippen molar-refractivity contribution in [3.8, 4) is 0 Å². The summed E-state index contributed by atoms with van der Waals surface area (Å²) in [4.78, 5) is 0.619. The third-order valence-electron chi connectivity index (χ3n) is 4.28. The lowest BCUT2D eigenvalue weighted by atomic mass is 9.70. The zero-order chi connectivity index (χ0) is 16.7. The highest BCUT2D eigenvalue weighted by atomic mass is 35.5. The fourth-order valence-corrected chi connectivity index (χ4v) is 4.85. The monoisotopic (exact) mass is 419 g/mol. The number of benzene rings is 1. The Balaban J connectivity index is 2.16. The molecule has 124 valence electrons. The lowest BCUT2D eigenvalue weighted by Crippen LogP contribution is -2.43. The Morgan fingerprint density at radius 3 is 1.59 bits per heavy atom. The molecule has 1 aromatic carbocycles. The highest BCUT2D eigenvalue weighted by Crippen LogP contribution is 2.48. The number of hydrogen-bond acceptors (Lipinski definition) is 2. The summed E-state index contributed by atoms with van der Waals surface area (Å²) in [7, 11) is 0. The summed E-state index contributed by atoms with van der Waals surface area (Å²) in [6.45, 7) is 6.84. The van der Waals surface area contributed by atoms with Gasteiger partial charge in [0.2, 0.25) is 0 Å². The van der Waals surface area contributed by atoms with E-state index in [1.165, 1.54) is 24.8 Å². The average molecular weight is 422 g/mol. The molecule has 2 rings (SSSR count). The smallest absolute Gasteiger partial charge is 0.0809 e. The summed E-state index contributed by atoms with van der Waals surface area (Å²) in [5.41, 5.74) is 0.444. The molecule has 0 unspecified atom stereocenters. The van der Waals surface area contributed by atoms with E-state index in [2.05, 4.69) is 25.5 Å². The van der Waals surface area contributed by atoms with Gasteiger partial charge in [-0.25, -0.2) is 0 Å². The molecule has 0 spiro atoms. The van der Waals surface area contributed by atoms with Gasteiger partial charge in [-0.1, -0.05) is 71.9 Å². The maximum absolute atomic E-state index is 6.26. The van der Waals surface area contributed by atoms with Crippen molar-refractivity contribution in [2.45, 2.75) is 56.9 Å². The molecule has 22 heavy (non-hydrogen) atoms. The molecule has 0 aromatic heterocycles. The molecule has 1 saturated carbocycles. The van der Waals surface area contributed by atoms with Gasteiger partial charge in [-0.05, 0) is 50.0 Å². The minimum Gasteiger partial charge on any atom is -0.254 e. The second-order valence-electron chi connectivity index (χ2n) is 6.83. The Morgan fingerprint density at radius 1 is 0.727 bits per heavy atom. The van der Waals surface area contributed by atoms with Crippen molar-refractivity contribution in [3.05, 3.63) is 25.1 Å². The number of hydrogen-bond donors (Lipinski definition) is 1. The summed E-state index contributed by atoms with van der Waals surface area (Å²) >= 11 is 32.1. The van der Waals surface area contributed by atoms with Gasteiger partial charge in [0.1, 0.15) is 0 Å². The molecule has 1 fully saturated rings. The van der Waals surface area contributed by atoms with Crippen LogP contribution in [0.3, 0.4) is 0 Å². The quantitative estimate of drug-likeness (QED) is 0.302. The van der Waals surface area contributed by atoms with E-state index < -0.39 is 0 Å². The van der Waals surface area contributed by atoms with E-state index in [4.69, 9.17) is 58.0 Å². The molecule has 1 aliphatic carbocycles. The maximum Gasteiger partial charge on any atom is 0.0809 e. The van der Waals surface area contributed by atoms with Crippen molar-refractivity contribution in [2.24, 2.45) is 5.41 Å². The van der Waals surface area contributed by atoms with Crippen LogP contribution in [0.4, 0.5) is 0 Å². The SMILES string of the molecule is CC1(C)CCC(C)(NSc2c(Cl)c(Cl)c(Cl)c(Cl)c2Cl)CC1. The zero-order valence-corrected chi connectivity index (χ0v) is 17.2. The summed E-state index contributed by atoms with van der Waals surface area (Å²) in [5.74, 6) is 0. The lowest BCUT2D eigenvalue weighted by molar-refractivity contribution is 0.167. The van der Waals surface area contributed by atoms with Crippen LogP contribution in [0.2, 0.25) is 25.1 Å². The van der Waals surface area contributed by atoms with Crippen LogP contribution >= 0.6 is 70.0 Å². The summed E-state index contributed by atoms with van der Waals surface area (Å²) < 4.78 is 3.50. The standard InChI is InChI=1S/C15H18Cl5NS/c1-14(2)4-6-15(3,7-5-14)21-22-13-11(19)9(17)8(16)10(18)12(13)20/h21H,4-7H2,1-3H3. The van der Waals surface area contributed by atoms with Crippen LogP contribution in [0.25, 0.3) is 0 Å². The Bertz CT molecular complexity index is 549. The third kappa shape index (κ3) is 4.14. The van der Waals surface area contributed by atoms with Crippen LogP contribution in [0.15, 0.2) is 4.90 Å². The topological polar surface area (TPSA) is 12.0 Å². The van der Waals surface area contributed by atoms with E-state index in [0.717, 1.165) is 12.8 Å². The van der Waals surface area contributed by atoms with E-state index in [-0.39, 0.29) is 20.6 Å². The lowest BCUT2D eigenvalue weighted by Gasteiger charge is -2.41. The van der Waals surface area contributed by atoms with Gasteiger partial charge in [0.25, 0.3) is 0 Å². The Labute approximate surface area is 161 Å². The van der Waals surface area contributed by atoms with E-state index in [9.17, 15) is 0 Å². The number of nitrogens with one attached hydrogen (secondary N) is 1. The van der Waals surface area contributed by atoms with E-state index in [1.807, 2.05) is 0 Å². The highest BCUT2D eigenvalue weighted by Gasteiger charge is 2.35. The molecule has 1 N–H and O–H groups in total. The zero-order valence-electron chi connectivity index (χ0n) is 12.6. The van der Waals surface area contributed by atoms with Gasteiger partial charge >= 0.3 is 0 Å². The van der Waals surface area contributed by atoms with Gasteiger partial charge in [-0.3, -0.25) is 4.72 Å². The minimum atomic E-state index is 0.0332. The molecule has 0 heterocycles. The van der Waals surface area contributed by atoms with Gasteiger partial charge < -0.3 is 0 Å².